The highest BCUT2D eigenvalue weighted by atomic mass is 32.1. The molecule has 154 valence electrons. The molecule has 0 spiro atoms. The molecule has 2 atom stereocenters. The first-order valence-electron chi connectivity index (χ1n) is 9.82. The van der Waals surface area contributed by atoms with E-state index in [0.717, 1.165) is 17.7 Å². The van der Waals surface area contributed by atoms with Gasteiger partial charge in [-0.15, -0.1) is 11.3 Å². The number of hydrogen-bond acceptors (Lipinski definition) is 7. The lowest BCUT2D eigenvalue weighted by Gasteiger charge is -2.36. The van der Waals surface area contributed by atoms with Crippen LogP contribution in [0.15, 0.2) is 58.3 Å². The highest BCUT2D eigenvalue weighted by Gasteiger charge is 2.41. The van der Waals surface area contributed by atoms with E-state index in [1.807, 2.05) is 36.6 Å². The average Bonchev–Trinajstić information content (AvgIpc) is 3.43. The van der Waals surface area contributed by atoms with Crippen LogP contribution in [0.2, 0.25) is 0 Å². The van der Waals surface area contributed by atoms with Gasteiger partial charge in [-0.3, -0.25) is 4.79 Å². The average molecular weight is 423 g/mol. The first-order valence-corrected chi connectivity index (χ1v) is 10.7. The Morgan fingerprint density at radius 3 is 2.80 bits per heavy atom. The van der Waals surface area contributed by atoms with E-state index in [2.05, 4.69) is 11.4 Å². The fourth-order valence-electron chi connectivity index (χ4n) is 4.57. The Morgan fingerprint density at radius 1 is 1.20 bits per heavy atom. The summed E-state index contributed by atoms with van der Waals surface area (Å²) in [7, 11) is 1.36. The SMILES string of the molecule is COC(=O)C1=C(C)NC2=C(C(=O)C[C@@H](c3cccs3)C2)[C@@H]1c1ccc2c(c1)OCO2. The van der Waals surface area contributed by atoms with Gasteiger partial charge in [0.05, 0.1) is 12.7 Å². The zero-order valence-electron chi connectivity index (χ0n) is 16.7. The Kier molecular flexibility index (Phi) is 4.62. The summed E-state index contributed by atoms with van der Waals surface area (Å²) in [6, 6.07) is 9.67. The number of carbonyl (C=O) groups excluding carboxylic acids is 2. The smallest absolute Gasteiger partial charge is 0.336 e. The Bertz CT molecular complexity index is 1100. The molecule has 30 heavy (non-hydrogen) atoms. The van der Waals surface area contributed by atoms with Crippen LogP contribution >= 0.6 is 11.3 Å². The van der Waals surface area contributed by atoms with Gasteiger partial charge >= 0.3 is 5.97 Å². The zero-order chi connectivity index (χ0) is 20.8. The van der Waals surface area contributed by atoms with Crippen molar-refractivity contribution in [3.05, 3.63) is 68.7 Å². The summed E-state index contributed by atoms with van der Waals surface area (Å²) in [4.78, 5) is 27.3. The molecule has 7 heteroatoms. The van der Waals surface area contributed by atoms with Crippen molar-refractivity contribution >= 4 is 23.1 Å². The molecule has 1 aromatic carbocycles. The van der Waals surface area contributed by atoms with Gasteiger partial charge in [0.1, 0.15) is 0 Å². The summed E-state index contributed by atoms with van der Waals surface area (Å²) in [6.07, 6.45) is 1.16. The van der Waals surface area contributed by atoms with Crippen molar-refractivity contribution in [1.82, 2.24) is 5.32 Å². The van der Waals surface area contributed by atoms with Crippen LogP contribution in [-0.4, -0.2) is 25.7 Å². The van der Waals surface area contributed by atoms with E-state index in [4.69, 9.17) is 14.2 Å². The van der Waals surface area contributed by atoms with E-state index in [-0.39, 0.29) is 18.5 Å². The maximum Gasteiger partial charge on any atom is 0.336 e. The van der Waals surface area contributed by atoms with E-state index in [1.165, 1.54) is 12.0 Å². The van der Waals surface area contributed by atoms with Crippen LogP contribution in [0.1, 0.15) is 42.0 Å². The molecule has 0 saturated heterocycles. The lowest BCUT2D eigenvalue weighted by molar-refractivity contribution is -0.136. The molecule has 3 heterocycles. The monoisotopic (exact) mass is 423 g/mol. The molecule has 0 saturated carbocycles. The van der Waals surface area contributed by atoms with Crippen LogP contribution in [0, 0.1) is 0 Å². The first-order chi connectivity index (χ1) is 14.6. The first kappa shape index (κ1) is 18.9. The molecule has 0 fully saturated rings. The topological polar surface area (TPSA) is 73.9 Å². The third-order valence-electron chi connectivity index (χ3n) is 5.91. The number of hydrogen-bond donors (Lipinski definition) is 1. The summed E-state index contributed by atoms with van der Waals surface area (Å²) in [6.45, 7) is 2.02. The maximum absolute atomic E-state index is 13.4. The summed E-state index contributed by atoms with van der Waals surface area (Å²) >= 11 is 1.67. The van der Waals surface area contributed by atoms with Crippen LogP contribution in [-0.2, 0) is 14.3 Å². The minimum absolute atomic E-state index is 0.0544. The Balaban J connectivity index is 1.62. The van der Waals surface area contributed by atoms with Crippen molar-refractivity contribution in [2.75, 3.05) is 13.9 Å². The second-order valence-corrected chi connectivity index (χ2v) is 8.62. The molecule has 3 aliphatic rings. The molecule has 5 rings (SSSR count). The van der Waals surface area contributed by atoms with Crippen LogP contribution in [0.5, 0.6) is 11.5 Å². The number of allylic oxidation sites excluding steroid dienone is 3. The summed E-state index contributed by atoms with van der Waals surface area (Å²) in [5.74, 6) is 0.541. The highest BCUT2D eigenvalue weighted by molar-refractivity contribution is 7.10. The molecular weight excluding hydrogens is 402 g/mol. The predicted octanol–water partition coefficient (Wildman–Crippen LogP) is 4.01. The molecule has 0 amide bonds. The molecule has 0 radical (unpaired) electrons. The zero-order valence-corrected chi connectivity index (χ0v) is 17.5. The number of dihydropyridines is 1. The molecule has 0 unspecified atom stereocenters. The molecule has 1 N–H and O–H groups in total. The van der Waals surface area contributed by atoms with Gasteiger partial charge in [-0.25, -0.2) is 4.79 Å². The number of methoxy groups -OCH3 is 1. The van der Waals surface area contributed by atoms with Crippen molar-refractivity contribution in [1.29, 1.82) is 0 Å². The van der Waals surface area contributed by atoms with Gasteiger partial charge in [-0.1, -0.05) is 12.1 Å². The Labute approximate surface area is 178 Å². The number of thiophene rings is 1. The molecule has 0 bridgehead atoms. The molecule has 2 aromatic rings. The van der Waals surface area contributed by atoms with Crippen LogP contribution < -0.4 is 14.8 Å². The molecule has 2 aliphatic heterocycles. The number of Topliss-reactive ketones (excluding diaryl/α,β-unsaturated/α-hetero) is 1. The minimum atomic E-state index is -0.500. The highest BCUT2D eigenvalue weighted by Crippen LogP contribution is 2.47. The molecule has 6 nitrogen and oxygen atoms in total. The molecule has 1 aliphatic carbocycles. The fourth-order valence-corrected chi connectivity index (χ4v) is 5.40. The van der Waals surface area contributed by atoms with Crippen LogP contribution in [0.4, 0.5) is 0 Å². The van der Waals surface area contributed by atoms with Gasteiger partial charge in [0.2, 0.25) is 6.79 Å². The van der Waals surface area contributed by atoms with Gasteiger partial charge in [0.25, 0.3) is 0 Å². The Morgan fingerprint density at radius 2 is 2.03 bits per heavy atom. The van der Waals surface area contributed by atoms with Crippen LogP contribution in [0.25, 0.3) is 0 Å². The third kappa shape index (κ3) is 3.01. The van der Waals surface area contributed by atoms with Gasteiger partial charge in [0.15, 0.2) is 17.3 Å². The normalized spacial score (nSPS) is 22.7. The van der Waals surface area contributed by atoms with Gasteiger partial charge in [-0.2, -0.15) is 0 Å². The van der Waals surface area contributed by atoms with E-state index in [1.54, 1.807) is 11.3 Å². The van der Waals surface area contributed by atoms with Crippen LogP contribution in [0.3, 0.4) is 0 Å². The van der Waals surface area contributed by atoms with Crippen molar-refractivity contribution in [2.24, 2.45) is 0 Å². The van der Waals surface area contributed by atoms with Crippen molar-refractivity contribution < 1.29 is 23.8 Å². The van der Waals surface area contributed by atoms with Crippen molar-refractivity contribution in [3.8, 4) is 11.5 Å². The second-order valence-electron chi connectivity index (χ2n) is 7.64. The predicted molar refractivity (Wildman–Crippen MR) is 111 cm³/mol. The summed E-state index contributed by atoms with van der Waals surface area (Å²) < 4.78 is 16.0. The van der Waals surface area contributed by atoms with E-state index < -0.39 is 11.9 Å². The van der Waals surface area contributed by atoms with Crippen molar-refractivity contribution in [2.45, 2.75) is 31.6 Å². The summed E-state index contributed by atoms with van der Waals surface area (Å²) in [5.41, 5.74) is 3.52. The van der Waals surface area contributed by atoms with E-state index in [9.17, 15) is 9.59 Å². The number of nitrogens with one attached hydrogen (secondary N) is 1. The number of ether oxygens (including phenoxy) is 3. The number of rotatable bonds is 3. The number of carbonyl (C=O) groups is 2. The lowest BCUT2D eigenvalue weighted by Crippen LogP contribution is -2.35. The second kappa shape index (κ2) is 7.32. The Hall–Kier alpha value is -3.06. The standard InChI is InChI=1S/C23H21NO5S/c1-12-20(23(26)27-2)21(13-5-6-17-18(10-13)29-11-28-17)22-15(24-12)8-14(9-16(22)25)19-4-3-7-30-19/h3-7,10,14,21,24H,8-9,11H2,1-2H3/t14-,21+/m0/s1. The number of ketones is 1. The number of esters is 1. The van der Waals surface area contributed by atoms with Gasteiger partial charge in [-0.05, 0) is 42.5 Å². The largest absolute Gasteiger partial charge is 0.466 e. The van der Waals surface area contributed by atoms with Gasteiger partial charge in [0, 0.05) is 40.1 Å². The molecule has 1 aromatic heterocycles. The minimum Gasteiger partial charge on any atom is -0.466 e. The summed E-state index contributed by atoms with van der Waals surface area (Å²) in [5, 5.41) is 5.38. The third-order valence-corrected chi connectivity index (χ3v) is 6.94. The quantitative estimate of drug-likeness (QED) is 0.752. The van der Waals surface area contributed by atoms with Gasteiger partial charge < -0.3 is 19.5 Å². The number of fused-ring (bicyclic) bond motifs is 1. The van der Waals surface area contributed by atoms with E-state index in [0.29, 0.717) is 34.8 Å². The maximum atomic E-state index is 13.4. The molecular formula is C23H21NO5S. The van der Waals surface area contributed by atoms with Crippen molar-refractivity contribution in [3.63, 3.8) is 0 Å². The fraction of sp³-hybridized carbons (Fsp3) is 0.304. The number of benzene rings is 1. The lowest BCUT2D eigenvalue weighted by atomic mass is 9.72. The van der Waals surface area contributed by atoms with E-state index >= 15 is 0 Å².